The monoisotopic (exact) mass is 306 g/mol. The van der Waals surface area contributed by atoms with Gasteiger partial charge in [-0.1, -0.05) is 0 Å². The summed E-state index contributed by atoms with van der Waals surface area (Å²) in [6, 6.07) is 0. The molecule has 11 heteroatoms. The van der Waals surface area contributed by atoms with Crippen LogP contribution in [0.1, 0.15) is 21.2 Å². The molecular formula is C9H15NaO10. The van der Waals surface area contributed by atoms with Gasteiger partial charge in [-0.2, -0.15) is 0 Å². The smallest absolute Gasteiger partial charge is 1.00 e. The Morgan fingerprint density at radius 2 is 1.25 bits per heavy atom. The van der Waals surface area contributed by atoms with Crippen LogP contribution in [-0.4, -0.2) is 66.2 Å². The van der Waals surface area contributed by atoms with Gasteiger partial charge >= 0.3 is 53.4 Å². The van der Waals surface area contributed by atoms with Crippen molar-refractivity contribution in [3.63, 3.8) is 0 Å². The van der Waals surface area contributed by atoms with Gasteiger partial charge in [0.05, 0.1) is 12.8 Å². The second-order valence-electron chi connectivity index (χ2n) is 3.49. The SMILES string of the molecule is CC(O)C(=O)O.O=C(O)CC(O)(CC(=O)O)C(=O)O.[H-].[Na+]. The molecule has 0 aliphatic heterocycles. The number of carboxylic acids is 4. The van der Waals surface area contributed by atoms with Crippen LogP contribution in [0.3, 0.4) is 0 Å². The van der Waals surface area contributed by atoms with Gasteiger partial charge in [-0.15, -0.1) is 0 Å². The van der Waals surface area contributed by atoms with Crippen molar-refractivity contribution in [1.29, 1.82) is 0 Å². The van der Waals surface area contributed by atoms with E-state index in [4.69, 9.17) is 30.6 Å². The van der Waals surface area contributed by atoms with E-state index in [1.54, 1.807) is 0 Å². The van der Waals surface area contributed by atoms with E-state index < -0.39 is 48.4 Å². The summed E-state index contributed by atoms with van der Waals surface area (Å²) in [5.41, 5.74) is -2.74. The van der Waals surface area contributed by atoms with Crippen LogP contribution < -0.4 is 29.6 Å². The minimum atomic E-state index is -2.74. The van der Waals surface area contributed by atoms with E-state index >= 15 is 0 Å². The van der Waals surface area contributed by atoms with Crippen LogP contribution in [0.2, 0.25) is 0 Å². The van der Waals surface area contributed by atoms with Crippen molar-refractivity contribution in [2.45, 2.75) is 31.5 Å². The van der Waals surface area contributed by atoms with Gasteiger partial charge < -0.3 is 32.1 Å². The zero-order valence-corrected chi connectivity index (χ0v) is 12.8. The van der Waals surface area contributed by atoms with Crippen molar-refractivity contribution in [3.05, 3.63) is 0 Å². The molecule has 0 spiro atoms. The second kappa shape index (κ2) is 10.6. The van der Waals surface area contributed by atoms with Crippen LogP contribution in [-0.2, 0) is 19.2 Å². The molecule has 10 nitrogen and oxygen atoms in total. The summed E-state index contributed by atoms with van der Waals surface area (Å²) in [6.45, 7) is 1.20. The van der Waals surface area contributed by atoms with Gasteiger partial charge in [0.15, 0.2) is 5.60 Å². The predicted octanol–water partition coefficient (Wildman–Crippen LogP) is -4.68. The topological polar surface area (TPSA) is 190 Å². The first-order valence-electron chi connectivity index (χ1n) is 4.72. The molecular weight excluding hydrogens is 291 g/mol. The van der Waals surface area contributed by atoms with Crippen molar-refractivity contribution in [2.24, 2.45) is 0 Å². The van der Waals surface area contributed by atoms with Crippen LogP contribution in [0.25, 0.3) is 0 Å². The van der Waals surface area contributed by atoms with Gasteiger partial charge in [0.25, 0.3) is 0 Å². The van der Waals surface area contributed by atoms with Crippen molar-refractivity contribution in [3.8, 4) is 0 Å². The summed E-state index contributed by atoms with van der Waals surface area (Å²) in [4.78, 5) is 39.9. The van der Waals surface area contributed by atoms with Crippen LogP contribution >= 0.6 is 0 Å². The average Bonchev–Trinajstić information content (AvgIpc) is 2.14. The molecule has 0 bridgehead atoms. The standard InChI is InChI=1S/C6H8O7.C3H6O3.Na.H/c7-3(8)1-6(13,5(11)12)2-4(9)10;1-2(4)3(5)6;;/h13H,1-2H2,(H,7,8)(H,9,10)(H,11,12);2,4H,1H3,(H,5,6);;/q;;+1;-1. The molecule has 0 heterocycles. The van der Waals surface area contributed by atoms with Crippen LogP contribution in [0.4, 0.5) is 0 Å². The van der Waals surface area contributed by atoms with E-state index in [9.17, 15) is 19.2 Å². The Labute approximate surface area is 136 Å². The Morgan fingerprint density at radius 3 is 1.35 bits per heavy atom. The predicted molar refractivity (Wildman–Crippen MR) is 57.5 cm³/mol. The minimum Gasteiger partial charge on any atom is -1.00 e. The van der Waals surface area contributed by atoms with E-state index in [0.29, 0.717) is 0 Å². The van der Waals surface area contributed by atoms with Gasteiger partial charge in [-0.25, -0.2) is 9.59 Å². The number of carboxylic acid groups (broad SMARTS) is 4. The molecule has 0 saturated heterocycles. The molecule has 0 aromatic heterocycles. The maximum Gasteiger partial charge on any atom is 1.00 e. The van der Waals surface area contributed by atoms with Gasteiger partial charge in [0.1, 0.15) is 6.10 Å². The molecule has 0 saturated carbocycles. The Kier molecular flexibility index (Phi) is 12.6. The molecule has 1 unspecified atom stereocenters. The van der Waals surface area contributed by atoms with Gasteiger partial charge in [-0.3, -0.25) is 9.59 Å². The zero-order chi connectivity index (χ0) is 15.8. The van der Waals surface area contributed by atoms with Crippen molar-refractivity contribution >= 4 is 23.9 Å². The molecule has 0 aliphatic carbocycles. The Morgan fingerprint density at radius 1 is 1.00 bits per heavy atom. The summed E-state index contributed by atoms with van der Waals surface area (Å²) in [5, 5.41) is 49.6. The first kappa shape index (κ1) is 23.9. The van der Waals surface area contributed by atoms with Crippen LogP contribution in [0, 0.1) is 0 Å². The molecule has 0 aromatic rings. The van der Waals surface area contributed by atoms with E-state index in [-0.39, 0.29) is 31.0 Å². The third kappa shape index (κ3) is 11.9. The van der Waals surface area contributed by atoms with Crippen molar-refractivity contribution in [2.75, 3.05) is 0 Å². The largest absolute Gasteiger partial charge is 1.00 e. The molecule has 0 aromatic carbocycles. The molecule has 0 radical (unpaired) electrons. The molecule has 112 valence electrons. The van der Waals surface area contributed by atoms with Crippen LogP contribution in [0.5, 0.6) is 0 Å². The van der Waals surface area contributed by atoms with Crippen LogP contribution in [0.15, 0.2) is 0 Å². The molecule has 20 heavy (non-hydrogen) atoms. The fourth-order valence-electron chi connectivity index (χ4n) is 0.714. The Balaban J connectivity index is -0.000000156. The summed E-state index contributed by atoms with van der Waals surface area (Å²) >= 11 is 0. The summed E-state index contributed by atoms with van der Waals surface area (Å²) < 4.78 is 0. The maximum atomic E-state index is 10.3. The fourth-order valence-corrected chi connectivity index (χ4v) is 0.714. The third-order valence-corrected chi connectivity index (χ3v) is 1.64. The molecule has 1 atom stereocenters. The third-order valence-electron chi connectivity index (χ3n) is 1.64. The number of aliphatic hydroxyl groups is 2. The first-order valence-corrected chi connectivity index (χ1v) is 4.72. The zero-order valence-electron chi connectivity index (χ0n) is 11.8. The normalized spacial score (nSPS) is 11.2. The molecule has 0 rings (SSSR count). The van der Waals surface area contributed by atoms with E-state index in [1.165, 1.54) is 6.92 Å². The molecule has 0 fully saturated rings. The van der Waals surface area contributed by atoms with E-state index in [1.807, 2.05) is 0 Å². The summed E-state index contributed by atoms with van der Waals surface area (Å²) in [6.07, 6.45) is -3.52. The van der Waals surface area contributed by atoms with Gasteiger partial charge in [-0.05, 0) is 6.92 Å². The number of aliphatic hydroxyl groups excluding tert-OH is 1. The molecule has 6 N–H and O–H groups in total. The Hall–Kier alpha value is -1.20. The van der Waals surface area contributed by atoms with Gasteiger partial charge in [0, 0.05) is 0 Å². The number of hydrogen-bond acceptors (Lipinski definition) is 6. The van der Waals surface area contributed by atoms with Crippen molar-refractivity contribution < 1.29 is 80.8 Å². The molecule has 0 amide bonds. The molecule has 0 aliphatic rings. The van der Waals surface area contributed by atoms with E-state index in [0.717, 1.165) is 0 Å². The second-order valence-corrected chi connectivity index (χ2v) is 3.49. The fraction of sp³-hybridized carbons (Fsp3) is 0.556. The number of hydrogen-bond donors (Lipinski definition) is 6. The maximum absolute atomic E-state index is 10.3. The summed E-state index contributed by atoms with van der Waals surface area (Å²) in [7, 11) is 0. The first-order chi connectivity index (χ1) is 8.42. The number of aliphatic carboxylic acids is 4. The number of rotatable bonds is 6. The minimum absolute atomic E-state index is 0. The quantitative estimate of drug-likeness (QED) is 0.260. The van der Waals surface area contributed by atoms with Gasteiger partial charge in [0.2, 0.25) is 0 Å². The van der Waals surface area contributed by atoms with E-state index in [2.05, 4.69) is 0 Å². The summed E-state index contributed by atoms with van der Waals surface area (Å²) in [5.74, 6) is -6.20. The average molecular weight is 306 g/mol. The Bertz CT molecular complexity index is 354. The van der Waals surface area contributed by atoms with Crippen molar-refractivity contribution in [1.82, 2.24) is 0 Å². The number of carbonyl (C=O) groups is 4.